The van der Waals surface area contributed by atoms with Crippen LogP contribution in [0.4, 0.5) is 5.69 Å². The summed E-state index contributed by atoms with van der Waals surface area (Å²) in [6, 6.07) is 2.94. The highest BCUT2D eigenvalue weighted by Crippen LogP contribution is 2.09. The molecule has 2 aromatic heterocycles. The van der Waals surface area contributed by atoms with E-state index in [9.17, 15) is 4.79 Å². The number of carbonyl (C=O) groups excluding carboxylic acids is 1. The van der Waals surface area contributed by atoms with Crippen LogP contribution in [0.25, 0.3) is 0 Å². The molecule has 0 aliphatic carbocycles. The monoisotopic (exact) mass is 247 g/mol. The van der Waals surface area contributed by atoms with Gasteiger partial charge in [-0.3, -0.25) is 20.7 Å². The average molecular weight is 247 g/mol. The smallest absolute Gasteiger partial charge is 0.270 e. The van der Waals surface area contributed by atoms with Gasteiger partial charge in [0, 0.05) is 6.20 Å². The van der Waals surface area contributed by atoms with E-state index in [2.05, 4.69) is 30.9 Å². The van der Waals surface area contributed by atoms with Crippen molar-refractivity contribution >= 4 is 11.6 Å². The van der Waals surface area contributed by atoms with Gasteiger partial charge in [0.2, 0.25) is 0 Å². The molecule has 0 aliphatic heterocycles. The molecular weight excluding hydrogens is 234 g/mol. The minimum Gasteiger partial charge on any atom is -0.341 e. The van der Waals surface area contributed by atoms with Gasteiger partial charge in [0.25, 0.3) is 5.91 Å². The van der Waals surface area contributed by atoms with E-state index >= 15 is 0 Å². The predicted molar refractivity (Wildman–Crippen MR) is 64.3 cm³/mol. The van der Waals surface area contributed by atoms with Crippen LogP contribution in [0.3, 0.4) is 0 Å². The quantitative estimate of drug-likeness (QED) is 0.445. The molecule has 8 heteroatoms. The van der Waals surface area contributed by atoms with Crippen molar-refractivity contribution in [2.24, 2.45) is 5.84 Å². The fraction of sp³-hybridized carbons (Fsp3) is 0.200. The van der Waals surface area contributed by atoms with Gasteiger partial charge < -0.3 is 10.7 Å². The Morgan fingerprint density at radius 1 is 1.50 bits per heavy atom. The van der Waals surface area contributed by atoms with Crippen LogP contribution in [0.2, 0.25) is 0 Å². The maximum Gasteiger partial charge on any atom is 0.270 e. The third kappa shape index (κ3) is 2.61. The lowest BCUT2D eigenvalue weighted by atomic mass is 10.2. The highest BCUT2D eigenvalue weighted by Gasteiger charge is 2.14. The Hall–Kier alpha value is -2.48. The highest BCUT2D eigenvalue weighted by atomic mass is 16.1. The second kappa shape index (κ2) is 5.23. The van der Waals surface area contributed by atoms with Crippen molar-refractivity contribution in [1.29, 1.82) is 0 Å². The lowest BCUT2D eigenvalue weighted by Gasteiger charge is -2.10. The number of rotatable bonds is 4. The summed E-state index contributed by atoms with van der Waals surface area (Å²) in [5, 5.41) is 9.15. The number of nitrogens with one attached hydrogen (secondary N) is 3. The Bertz CT molecular complexity index is 525. The van der Waals surface area contributed by atoms with Crippen LogP contribution in [-0.4, -0.2) is 26.1 Å². The molecule has 1 amide bonds. The zero-order valence-electron chi connectivity index (χ0n) is 9.71. The number of hydrogen-bond acceptors (Lipinski definition) is 6. The maximum absolute atomic E-state index is 11.9. The maximum atomic E-state index is 11.9. The molecule has 1 unspecified atom stereocenters. The SMILES string of the molecule is CC(NC(=O)c1cc(NN)ccn1)c1ncn[nH]1. The Morgan fingerprint density at radius 2 is 2.33 bits per heavy atom. The normalized spacial score (nSPS) is 11.9. The van der Waals surface area contributed by atoms with E-state index < -0.39 is 0 Å². The average Bonchev–Trinajstić information content (AvgIpc) is 2.92. The van der Waals surface area contributed by atoms with Crippen LogP contribution in [0.15, 0.2) is 24.7 Å². The van der Waals surface area contributed by atoms with Crippen LogP contribution in [0.5, 0.6) is 0 Å². The van der Waals surface area contributed by atoms with Gasteiger partial charge in [-0.2, -0.15) is 5.10 Å². The molecule has 2 rings (SSSR count). The number of aromatic nitrogens is 4. The van der Waals surface area contributed by atoms with Crippen molar-refractivity contribution in [3.8, 4) is 0 Å². The third-order valence-electron chi connectivity index (χ3n) is 2.35. The van der Waals surface area contributed by atoms with E-state index in [4.69, 9.17) is 5.84 Å². The van der Waals surface area contributed by atoms with Gasteiger partial charge >= 0.3 is 0 Å². The number of aromatic amines is 1. The molecule has 0 saturated heterocycles. The van der Waals surface area contributed by atoms with E-state index in [1.165, 1.54) is 12.5 Å². The largest absolute Gasteiger partial charge is 0.341 e. The van der Waals surface area contributed by atoms with Crippen molar-refractivity contribution in [3.05, 3.63) is 36.2 Å². The second-order valence-electron chi connectivity index (χ2n) is 3.64. The lowest BCUT2D eigenvalue weighted by Crippen LogP contribution is -2.28. The number of amides is 1. The second-order valence-corrected chi connectivity index (χ2v) is 3.64. The summed E-state index contributed by atoms with van der Waals surface area (Å²) in [7, 11) is 0. The first-order valence-corrected chi connectivity index (χ1v) is 5.29. The van der Waals surface area contributed by atoms with Crippen molar-refractivity contribution < 1.29 is 4.79 Å². The van der Waals surface area contributed by atoms with E-state index in [0.717, 1.165) is 0 Å². The molecule has 0 radical (unpaired) electrons. The molecule has 94 valence electrons. The van der Waals surface area contributed by atoms with Crippen molar-refractivity contribution in [1.82, 2.24) is 25.5 Å². The molecule has 2 heterocycles. The first-order chi connectivity index (χ1) is 8.70. The zero-order chi connectivity index (χ0) is 13.0. The van der Waals surface area contributed by atoms with E-state index in [-0.39, 0.29) is 17.6 Å². The molecule has 8 nitrogen and oxygen atoms in total. The fourth-order valence-corrected chi connectivity index (χ4v) is 1.41. The van der Waals surface area contributed by atoms with Crippen molar-refractivity contribution in [3.63, 3.8) is 0 Å². The number of nitrogens with zero attached hydrogens (tertiary/aromatic N) is 3. The van der Waals surface area contributed by atoms with Gasteiger partial charge in [-0.1, -0.05) is 0 Å². The van der Waals surface area contributed by atoms with E-state index in [0.29, 0.717) is 11.5 Å². The van der Waals surface area contributed by atoms with Crippen molar-refractivity contribution in [2.45, 2.75) is 13.0 Å². The van der Waals surface area contributed by atoms with Gasteiger partial charge in [0.1, 0.15) is 17.8 Å². The minimum atomic E-state index is -0.309. The van der Waals surface area contributed by atoms with E-state index in [1.807, 2.05) is 0 Å². The van der Waals surface area contributed by atoms with Gasteiger partial charge in [-0.25, -0.2) is 4.98 Å². The number of pyridine rings is 1. The molecule has 18 heavy (non-hydrogen) atoms. The summed E-state index contributed by atoms with van der Waals surface area (Å²) in [6.07, 6.45) is 2.89. The zero-order valence-corrected chi connectivity index (χ0v) is 9.71. The molecule has 0 aromatic carbocycles. The summed E-state index contributed by atoms with van der Waals surface area (Å²) in [5.74, 6) is 5.54. The Morgan fingerprint density at radius 3 is 3.00 bits per heavy atom. The molecule has 0 saturated carbocycles. The molecule has 0 aliphatic rings. The van der Waals surface area contributed by atoms with Crippen LogP contribution in [0.1, 0.15) is 29.3 Å². The highest BCUT2D eigenvalue weighted by molar-refractivity contribution is 5.93. The van der Waals surface area contributed by atoms with Gasteiger partial charge in [-0.15, -0.1) is 0 Å². The Kier molecular flexibility index (Phi) is 3.49. The molecule has 0 bridgehead atoms. The number of hydrogen-bond donors (Lipinski definition) is 4. The predicted octanol–water partition coefficient (Wildman–Crippen LogP) is -0.0237. The lowest BCUT2D eigenvalue weighted by molar-refractivity contribution is 0.0933. The summed E-state index contributed by atoms with van der Waals surface area (Å²) in [6.45, 7) is 1.80. The van der Waals surface area contributed by atoms with Crippen molar-refractivity contribution in [2.75, 3.05) is 5.43 Å². The van der Waals surface area contributed by atoms with Crippen LogP contribution < -0.4 is 16.6 Å². The van der Waals surface area contributed by atoms with Crippen LogP contribution in [0, 0.1) is 0 Å². The topological polar surface area (TPSA) is 122 Å². The summed E-state index contributed by atoms with van der Waals surface area (Å²) in [4.78, 5) is 19.8. The first kappa shape index (κ1) is 12.0. The summed E-state index contributed by atoms with van der Waals surface area (Å²) < 4.78 is 0. The van der Waals surface area contributed by atoms with Crippen LogP contribution in [-0.2, 0) is 0 Å². The number of carbonyl (C=O) groups is 1. The van der Waals surface area contributed by atoms with Crippen LogP contribution >= 0.6 is 0 Å². The van der Waals surface area contributed by atoms with Gasteiger partial charge in [0.05, 0.1) is 11.7 Å². The third-order valence-corrected chi connectivity index (χ3v) is 2.35. The number of hydrazine groups is 1. The molecule has 5 N–H and O–H groups in total. The van der Waals surface area contributed by atoms with Gasteiger partial charge in [0.15, 0.2) is 0 Å². The van der Waals surface area contributed by atoms with E-state index in [1.54, 1.807) is 19.1 Å². The Balaban J connectivity index is 2.07. The molecule has 0 spiro atoms. The Labute approximate surface area is 103 Å². The molecular formula is C10H13N7O. The number of H-pyrrole nitrogens is 1. The molecule has 0 fully saturated rings. The minimum absolute atomic E-state index is 0.275. The standard InChI is InChI=1S/C10H13N7O/c1-6(9-13-5-14-17-9)15-10(18)8-4-7(16-11)2-3-12-8/h2-6H,11H2,1H3,(H,12,16)(H,15,18)(H,13,14,17). The number of nitrogens with two attached hydrogens (primary N) is 1. The molecule has 1 atom stereocenters. The molecule has 2 aromatic rings. The first-order valence-electron chi connectivity index (χ1n) is 5.29. The number of anilines is 1. The summed E-state index contributed by atoms with van der Waals surface area (Å²) in [5.41, 5.74) is 3.34. The fourth-order valence-electron chi connectivity index (χ4n) is 1.41. The number of nitrogen functional groups attached to an aromatic ring is 1. The summed E-state index contributed by atoms with van der Waals surface area (Å²) >= 11 is 0. The van der Waals surface area contributed by atoms with Gasteiger partial charge in [-0.05, 0) is 19.1 Å².